The summed E-state index contributed by atoms with van der Waals surface area (Å²) in [5.74, 6) is 0.667. The fourth-order valence-electron chi connectivity index (χ4n) is 3.30. The number of Topliss-reactive ketones (excluding diaryl/α,β-unsaturated/α-hetero) is 1. The zero-order valence-corrected chi connectivity index (χ0v) is 12.4. The van der Waals surface area contributed by atoms with Crippen molar-refractivity contribution in [2.45, 2.75) is 46.1 Å². The average Bonchev–Trinajstić information content (AvgIpc) is 2.34. The largest absolute Gasteiger partial charge is 0.306 e. The topological polar surface area (TPSA) is 23.6 Å². The molecule has 2 fully saturated rings. The smallest absolute Gasteiger partial charge is 0.138 e. The van der Waals surface area contributed by atoms with E-state index in [1.807, 2.05) is 0 Å². The summed E-state index contributed by atoms with van der Waals surface area (Å²) < 4.78 is 0. The number of carbonyl (C=O) groups excluding carboxylic acids is 1. The molecule has 2 rings (SSSR count). The second kappa shape index (κ2) is 5.30. The van der Waals surface area contributed by atoms with E-state index in [1.165, 1.54) is 32.5 Å². The van der Waals surface area contributed by atoms with Crippen LogP contribution in [0.15, 0.2) is 0 Å². The Kier molecular flexibility index (Phi) is 4.12. The summed E-state index contributed by atoms with van der Waals surface area (Å²) in [7, 11) is 2.21. The first kappa shape index (κ1) is 14.0. The van der Waals surface area contributed by atoms with E-state index >= 15 is 0 Å². The predicted molar refractivity (Wildman–Crippen MR) is 74.7 cm³/mol. The van der Waals surface area contributed by atoms with Gasteiger partial charge in [-0.05, 0) is 45.3 Å². The maximum Gasteiger partial charge on any atom is 0.138 e. The summed E-state index contributed by atoms with van der Waals surface area (Å²) in [4.78, 5) is 16.7. The van der Waals surface area contributed by atoms with Gasteiger partial charge in [-0.3, -0.25) is 9.69 Å². The Balaban J connectivity index is 1.94. The van der Waals surface area contributed by atoms with Crippen LogP contribution in [0.25, 0.3) is 0 Å². The lowest BCUT2D eigenvalue weighted by molar-refractivity contribution is -0.128. The highest BCUT2D eigenvalue weighted by atomic mass is 16.1. The fraction of sp³-hybridized carbons (Fsp3) is 0.933. The molecule has 2 aliphatic rings. The molecule has 0 N–H and O–H groups in total. The van der Waals surface area contributed by atoms with Crippen LogP contribution in [0, 0.1) is 11.3 Å². The Morgan fingerprint density at radius 3 is 2.44 bits per heavy atom. The number of hydrogen-bond acceptors (Lipinski definition) is 3. The van der Waals surface area contributed by atoms with Gasteiger partial charge < -0.3 is 4.90 Å². The quantitative estimate of drug-likeness (QED) is 0.751. The summed E-state index contributed by atoms with van der Waals surface area (Å²) >= 11 is 0. The Morgan fingerprint density at radius 1 is 1.22 bits per heavy atom. The molecule has 0 amide bonds. The highest BCUT2D eigenvalue weighted by Gasteiger charge is 2.36. The molecule has 104 valence electrons. The van der Waals surface area contributed by atoms with Crippen molar-refractivity contribution >= 4 is 5.78 Å². The summed E-state index contributed by atoms with van der Waals surface area (Å²) in [5, 5.41) is 0. The first-order valence-corrected chi connectivity index (χ1v) is 7.37. The molecule has 0 radical (unpaired) electrons. The van der Waals surface area contributed by atoms with E-state index in [9.17, 15) is 4.79 Å². The van der Waals surface area contributed by atoms with Gasteiger partial charge in [-0.25, -0.2) is 0 Å². The van der Waals surface area contributed by atoms with Gasteiger partial charge in [0.1, 0.15) is 5.78 Å². The molecular formula is C15H28N2O. The summed E-state index contributed by atoms with van der Waals surface area (Å²) in [6.07, 6.45) is 3.32. The zero-order chi connectivity index (χ0) is 13.3. The predicted octanol–water partition coefficient (Wildman–Crippen LogP) is 2.02. The first-order chi connectivity index (χ1) is 8.41. The van der Waals surface area contributed by atoms with Crippen LogP contribution in [0.2, 0.25) is 0 Å². The van der Waals surface area contributed by atoms with Crippen molar-refractivity contribution in [3.05, 3.63) is 0 Å². The molecular weight excluding hydrogens is 224 g/mol. The van der Waals surface area contributed by atoms with Gasteiger partial charge in [0.25, 0.3) is 0 Å². The molecule has 2 saturated heterocycles. The van der Waals surface area contributed by atoms with Crippen LogP contribution < -0.4 is 0 Å². The van der Waals surface area contributed by atoms with Crippen molar-refractivity contribution in [3.63, 3.8) is 0 Å². The Bertz CT molecular complexity index is 308. The Hall–Kier alpha value is -0.410. The first-order valence-electron chi connectivity index (χ1n) is 7.37. The molecule has 0 bridgehead atoms. The van der Waals surface area contributed by atoms with Crippen molar-refractivity contribution < 1.29 is 4.79 Å². The molecule has 0 aliphatic carbocycles. The lowest BCUT2D eigenvalue weighted by Crippen LogP contribution is -2.52. The summed E-state index contributed by atoms with van der Waals surface area (Å²) in [6.45, 7) is 11.3. The van der Waals surface area contributed by atoms with Crippen molar-refractivity contribution in [3.8, 4) is 0 Å². The molecule has 0 aromatic rings. The molecule has 0 spiro atoms. The number of rotatable bonds is 2. The van der Waals surface area contributed by atoms with Crippen LogP contribution in [-0.2, 0) is 4.79 Å². The number of ketones is 1. The molecule has 0 saturated carbocycles. The number of carbonyl (C=O) groups is 1. The number of nitrogens with zero attached hydrogens (tertiary/aromatic N) is 2. The lowest BCUT2D eigenvalue weighted by atomic mass is 9.78. The molecule has 0 aromatic heterocycles. The summed E-state index contributed by atoms with van der Waals surface area (Å²) in [5.41, 5.74) is 0.445. The normalized spacial score (nSPS) is 34.8. The van der Waals surface area contributed by atoms with Crippen LogP contribution in [0.3, 0.4) is 0 Å². The standard InChI is InChI=1S/C15H28N2O/c1-12-13(2)17(8-5-14(12)18)11-15(3)6-9-16(4)10-7-15/h12-13H,5-11H2,1-4H3. The molecule has 3 heteroatoms. The summed E-state index contributed by atoms with van der Waals surface area (Å²) in [6, 6.07) is 0.419. The Morgan fingerprint density at radius 2 is 1.83 bits per heavy atom. The van der Waals surface area contributed by atoms with Gasteiger partial charge in [0.05, 0.1) is 0 Å². The van der Waals surface area contributed by atoms with Crippen LogP contribution in [0.5, 0.6) is 0 Å². The minimum atomic E-state index is 0.216. The van der Waals surface area contributed by atoms with Crippen molar-refractivity contribution in [1.29, 1.82) is 0 Å². The fourth-order valence-corrected chi connectivity index (χ4v) is 3.30. The number of likely N-dealkylation sites (tertiary alicyclic amines) is 2. The highest BCUT2D eigenvalue weighted by molar-refractivity contribution is 5.82. The highest BCUT2D eigenvalue weighted by Crippen LogP contribution is 2.33. The zero-order valence-electron chi connectivity index (χ0n) is 12.4. The molecule has 0 aromatic carbocycles. The lowest BCUT2D eigenvalue weighted by Gasteiger charge is -2.45. The van der Waals surface area contributed by atoms with E-state index in [0.717, 1.165) is 13.0 Å². The minimum absolute atomic E-state index is 0.216. The molecule has 2 aliphatic heterocycles. The molecule has 18 heavy (non-hydrogen) atoms. The van der Waals surface area contributed by atoms with E-state index < -0.39 is 0 Å². The van der Waals surface area contributed by atoms with Gasteiger partial charge in [0, 0.05) is 31.5 Å². The SMILES string of the molecule is CC1C(=O)CCN(CC2(C)CCN(C)CC2)C1C. The average molecular weight is 252 g/mol. The van der Waals surface area contributed by atoms with Gasteiger partial charge in [-0.2, -0.15) is 0 Å². The van der Waals surface area contributed by atoms with Crippen molar-refractivity contribution in [1.82, 2.24) is 9.80 Å². The number of piperidine rings is 2. The maximum atomic E-state index is 11.7. The molecule has 2 unspecified atom stereocenters. The third kappa shape index (κ3) is 2.94. The van der Waals surface area contributed by atoms with Crippen LogP contribution >= 0.6 is 0 Å². The second-order valence-corrected chi connectivity index (χ2v) is 6.83. The number of hydrogen-bond donors (Lipinski definition) is 0. The maximum absolute atomic E-state index is 11.7. The van der Waals surface area contributed by atoms with Gasteiger partial charge in [0.15, 0.2) is 0 Å². The third-order valence-corrected chi connectivity index (χ3v) is 5.23. The van der Waals surface area contributed by atoms with Crippen molar-refractivity contribution in [2.24, 2.45) is 11.3 Å². The third-order valence-electron chi connectivity index (χ3n) is 5.23. The monoisotopic (exact) mass is 252 g/mol. The van der Waals surface area contributed by atoms with Crippen LogP contribution in [0.4, 0.5) is 0 Å². The van der Waals surface area contributed by atoms with Gasteiger partial charge >= 0.3 is 0 Å². The van der Waals surface area contributed by atoms with E-state index in [1.54, 1.807) is 0 Å². The van der Waals surface area contributed by atoms with E-state index in [0.29, 0.717) is 17.2 Å². The second-order valence-electron chi connectivity index (χ2n) is 6.83. The van der Waals surface area contributed by atoms with Crippen LogP contribution in [-0.4, -0.2) is 54.9 Å². The molecule has 2 heterocycles. The van der Waals surface area contributed by atoms with Crippen LogP contribution in [0.1, 0.15) is 40.0 Å². The molecule has 3 nitrogen and oxygen atoms in total. The van der Waals surface area contributed by atoms with E-state index in [4.69, 9.17) is 0 Å². The molecule has 2 atom stereocenters. The van der Waals surface area contributed by atoms with Gasteiger partial charge in [-0.15, -0.1) is 0 Å². The van der Waals surface area contributed by atoms with E-state index in [-0.39, 0.29) is 5.92 Å². The Labute approximate surface area is 112 Å². The van der Waals surface area contributed by atoms with Gasteiger partial charge in [0.2, 0.25) is 0 Å². The van der Waals surface area contributed by atoms with Gasteiger partial charge in [-0.1, -0.05) is 13.8 Å². The van der Waals surface area contributed by atoms with Crippen molar-refractivity contribution in [2.75, 3.05) is 33.2 Å². The van der Waals surface area contributed by atoms with E-state index in [2.05, 4.69) is 37.6 Å². The minimum Gasteiger partial charge on any atom is -0.306 e.